The van der Waals surface area contributed by atoms with Crippen LogP contribution < -0.4 is 5.32 Å². The number of carbonyl (C=O) groups excluding carboxylic acids is 1. The van der Waals surface area contributed by atoms with Crippen LogP contribution in [-0.2, 0) is 4.79 Å². The minimum Gasteiger partial charge on any atom is -0.323 e. The first kappa shape index (κ1) is 14.8. The highest BCUT2D eigenvalue weighted by Crippen LogP contribution is 2.24. The molecule has 1 saturated heterocycles. The third-order valence-corrected chi connectivity index (χ3v) is 4.25. The van der Waals surface area contributed by atoms with Crippen LogP contribution in [0, 0.1) is 0 Å². The van der Waals surface area contributed by atoms with Crippen molar-refractivity contribution in [3.8, 4) is 0 Å². The number of benzene rings is 1. The first-order valence-corrected chi connectivity index (χ1v) is 8.06. The Bertz CT molecular complexity index is 840. The Kier molecular flexibility index (Phi) is 3.92. The van der Waals surface area contributed by atoms with Gasteiger partial charge in [-0.15, -0.1) is 0 Å². The van der Waals surface area contributed by atoms with Gasteiger partial charge < -0.3 is 5.32 Å². The topological polar surface area (TPSA) is 75.9 Å². The Balaban J connectivity index is 1.70. The van der Waals surface area contributed by atoms with Gasteiger partial charge in [0, 0.05) is 25.0 Å². The highest BCUT2D eigenvalue weighted by atomic mass is 16.2. The van der Waals surface area contributed by atoms with Gasteiger partial charge in [0.25, 0.3) is 5.91 Å². The van der Waals surface area contributed by atoms with E-state index in [2.05, 4.69) is 25.3 Å². The first-order chi connectivity index (χ1) is 11.8. The molecule has 0 saturated carbocycles. The molecule has 1 aromatic carbocycles. The van der Waals surface area contributed by atoms with Crippen molar-refractivity contribution in [2.24, 2.45) is 0 Å². The number of rotatable bonds is 4. The number of carbonyl (C=O) groups is 1. The Hall–Kier alpha value is -2.80. The number of likely N-dealkylation sites (tertiary alicyclic amines) is 1. The normalized spacial score (nSPS) is 16.3. The molecule has 1 aliphatic rings. The van der Waals surface area contributed by atoms with E-state index in [1.807, 2.05) is 30.3 Å². The van der Waals surface area contributed by atoms with Crippen molar-refractivity contribution in [3.63, 3.8) is 0 Å². The molecule has 0 bridgehead atoms. The average Bonchev–Trinajstić information content (AvgIpc) is 3.27. The van der Waals surface area contributed by atoms with Gasteiger partial charge in [-0.3, -0.25) is 9.69 Å². The van der Waals surface area contributed by atoms with Crippen LogP contribution in [0.1, 0.15) is 19.0 Å². The van der Waals surface area contributed by atoms with E-state index >= 15 is 0 Å². The fraction of sp³-hybridized carbons (Fsp3) is 0.294. The lowest BCUT2D eigenvalue weighted by Gasteiger charge is -2.26. The van der Waals surface area contributed by atoms with E-state index in [4.69, 9.17) is 0 Å². The molecule has 1 fully saturated rings. The van der Waals surface area contributed by atoms with Crippen LogP contribution in [0.5, 0.6) is 0 Å². The molecule has 0 radical (unpaired) electrons. The molecule has 1 aliphatic heterocycles. The summed E-state index contributed by atoms with van der Waals surface area (Å²) in [5.41, 5.74) is 1.45. The number of anilines is 1. The quantitative estimate of drug-likeness (QED) is 0.796. The summed E-state index contributed by atoms with van der Waals surface area (Å²) in [7, 11) is 0. The number of amides is 1. The largest absolute Gasteiger partial charge is 0.323 e. The van der Waals surface area contributed by atoms with Crippen molar-refractivity contribution in [2.45, 2.75) is 19.0 Å². The number of aromatic nitrogens is 4. The van der Waals surface area contributed by atoms with Gasteiger partial charge in [0.15, 0.2) is 11.8 Å². The van der Waals surface area contributed by atoms with Crippen molar-refractivity contribution in [2.75, 3.05) is 18.4 Å². The summed E-state index contributed by atoms with van der Waals surface area (Å²) in [6.45, 7) is 1.75. The third-order valence-electron chi connectivity index (χ3n) is 4.25. The molecule has 7 heteroatoms. The van der Waals surface area contributed by atoms with Gasteiger partial charge in [-0.1, -0.05) is 18.2 Å². The molecule has 24 heavy (non-hydrogen) atoms. The van der Waals surface area contributed by atoms with Gasteiger partial charge >= 0.3 is 0 Å². The van der Waals surface area contributed by atoms with Crippen molar-refractivity contribution in [3.05, 3.63) is 49.1 Å². The lowest BCUT2D eigenvalue weighted by molar-refractivity contribution is -0.124. The minimum atomic E-state index is -0.514. The van der Waals surface area contributed by atoms with Crippen LogP contribution in [0.4, 0.5) is 5.69 Å². The van der Waals surface area contributed by atoms with E-state index in [1.165, 1.54) is 6.33 Å². The van der Waals surface area contributed by atoms with Crippen LogP contribution in [0.2, 0.25) is 0 Å². The summed E-state index contributed by atoms with van der Waals surface area (Å²) in [5, 5.41) is 8.23. The molecule has 2 aromatic heterocycles. The van der Waals surface area contributed by atoms with Crippen LogP contribution >= 0.6 is 0 Å². The Labute approximate surface area is 139 Å². The molecular weight excluding hydrogens is 304 g/mol. The molecule has 1 atom stereocenters. The van der Waals surface area contributed by atoms with Gasteiger partial charge in [-0.25, -0.2) is 14.6 Å². The zero-order valence-corrected chi connectivity index (χ0v) is 13.2. The van der Waals surface area contributed by atoms with Crippen LogP contribution in [-0.4, -0.2) is 43.6 Å². The van der Waals surface area contributed by atoms with Crippen molar-refractivity contribution >= 4 is 22.6 Å². The molecule has 4 rings (SSSR count). The number of hydrogen-bond donors (Lipinski definition) is 1. The molecule has 0 aliphatic carbocycles. The van der Waals surface area contributed by atoms with Crippen molar-refractivity contribution in [1.82, 2.24) is 24.6 Å². The molecule has 1 N–H and O–H groups in total. The van der Waals surface area contributed by atoms with E-state index in [1.54, 1.807) is 17.1 Å². The Morgan fingerprint density at radius 1 is 1.12 bits per heavy atom. The molecule has 0 spiro atoms. The van der Waals surface area contributed by atoms with Gasteiger partial charge in [0.2, 0.25) is 0 Å². The molecule has 3 heterocycles. The monoisotopic (exact) mass is 322 g/mol. The summed E-state index contributed by atoms with van der Waals surface area (Å²) in [6, 6.07) is 9.48. The highest BCUT2D eigenvalue weighted by Gasteiger charge is 2.32. The summed E-state index contributed by atoms with van der Waals surface area (Å²) >= 11 is 0. The van der Waals surface area contributed by atoms with E-state index in [0.717, 1.165) is 37.0 Å². The molecule has 7 nitrogen and oxygen atoms in total. The lowest BCUT2D eigenvalue weighted by Crippen LogP contribution is -2.40. The highest BCUT2D eigenvalue weighted by molar-refractivity contribution is 5.94. The van der Waals surface area contributed by atoms with Gasteiger partial charge in [-0.2, -0.15) is 5.10 Å². The zero-order valence-electron chi connectivity index (χ0n) is 13.2. The average molecular weight is 322 g/mol. The molecule has 3 aromatic rings. The molecular formula is C17H18N6O. The predicted molar refractivity (Wildman–Crippen MR) is 90.2 cm³/mol. The summed E-state index contributed by atoms with van der Waals surface area (Å²) in [6.07, 6.45) is 6.56. The number of nitrogens with zero attached hydrogens (tertiary/aromatic N) is 5. The molecule has 122 valence electrons. The predicted octanol–water partition coefficient (Wildman–Crippen LogP) is 2.06. The second-order valence-electron chi connectivity index (χ2n) is 5.86. The van der Waals surface area contributed by atoms with Gasteiger partial charge in [0.1, 0.15) is 6.33 Å². The number of fused-ring (bicyclic) bond motifs is 1. The summed E-state index contributed by atoms with van der Waals surface area (Å²) in [5.74, 6) is -0.105. The minimum absolute atomic E-state index is 0.105. The standard InChI is InChI=1S/C17H18N6O/c24-16(21-14-6-2-1-3-7-14)17(22-8-4-5-9-22)23-15-13(11-20-23)10-18-12-19-15/h1-3,6-7,10-12,17H,4-5,8-9H2,(H,21,24). The lowest BCUT2D eigenvalue weighted by atomic mass is 10.3. The second kappa shape index (κ2) is 6.37. The van der Waals surface area contributed by atoms with E-state index < -0.39 is 6.17 Å². The van der Waals surface area contributed by atoms with Gasteiger partial charge in [-0.05, 0) is 25.0 Å². The number of nitrogens with one attached hydrogen (secondary N) is 1. The molecule has 1 amide bonds. The van der Waals surface area contributed by atoms with Crippen LogP contribution in [0.15, 0.2) is 49.1 Å². The first-order valence-electron chi connectivity index (χ1n) is 8.06. The second-order valence-corrected chi connectivity index (χ2v) is 5.86. The summed E-state index contributed by atoms with van der Waals surface area (Å²) in [4.78, 5) is 23.5. The molecule has 1 unspecified atom stereocenters. The van der Waals surface area contributed by atoms with Crippen LogP contribution in [0.3, 0.4) is 0 Å². The van der Waals surface area contributed by atoms with Crippen molar-refractivity contribution in [1.29, 1.82) is 0 Å². The Morgan fingerprint density at radius 2 is 1.92 bits per heavy atom. The third kappa shape index (κ3) is 2.74. The maximum absolute atomic E-state index is 13.0. The maximum Gasteiger partial charge on any atom is 0.264 e. The number of para-hydroxylation sites is 1. The van der Waals surface area contributed by atoms with E-state index in [9.17, 15) is 4.79 Å². The van der Waals surface area contributed by atoms with E-state index in [0.29, 0.717) is 5.65 Å². The van der Waals surface area contributed by atoms with Crippen LogP contribution in [0.25, 0.3) is 11.0 Å². The number of hydrogen-bond acceptors (Lipinski definition) is 5. The SMILES string of the molecule is O=C(Nc1ccccc1)C(N1CCCC1)n1ncc2cncnc21. The zero-order chi connectivity index (χ0) is 16.4. The van der Waals surface area contributed by atoms with Gasteiger partial charge in [0.05, 0.1) is 11.6 Å². The fourth-order valence-electron chi connectivity index (χ4n) is 3.12. The van der Waals surface area contributed by atoms with Crippen molar-refractivity contribution < 1.29 is 4.79 Å². The smallest absolute Gasteiger partial charge is 0.264 e. The summed E-state index contributed by atoms with van der Waals surface area (Å²) < 4.78 is 1.70. The van der Waals surface area contributed by atoms with E-state index in [-0.39, 0.29) is 5.91 Å². The maximum atomic E-state index is 13.0. The Morgan fingerprint density at radius 3 is 2.71 bits per heavy atom. The fourth-order valence-corrected chi connectivity index (χ4v) is 3.12.